The standard InChI is InChI=1S/C14H24N4/c1-3-18(11-13-16-8-9-17(13)2)12-10-14(12)4-6-15-7-5-14/h8-9,12,15H,3-7,10-11H2,1-2H3. The molecule has 0 bridgehead atoms. The third-order valence-electron chi connectivity index (χ3n) is 4.86. The monoisotopic (exact) mass is 248 g/mol. The Kier molecular flexibility index (Phi) is 3.16. The summed E-state index contributed by atoms with van der Waals surface area (Å²) in [4.78, 5) is 7.07. The summed E-state index contributed by atoms with van der Waals surface area (Å²) in [6.07, 6.45) is 8.04. The van der Waals surface area contributed by atoms with Crippen molar-refractivity contribution < 1.29 is 0 Å². The molecule has 2 fully saturated rings. The van der Waals surface area contributed by atoms with Gasteiger partial charge in [0.15, 0.2) is 0 Å². The minimum absolute atomic E-state index is 0.631. The third-order valence-corrected chi connectivity index (χ3v) is 4.86. The Morgan fingerprint density at radius 1 is 1.50 bits per heavy atom. The number of hydrogen-bond acceptors (Lipinski definition) is 3. The van der Waals surface area contributed by atoms with Crippen LogP contribution in [0, 0.1) is 5.41 Å². The first-order valence-corrected chi connectivity index (χ1v) is 7.16. The maximum absolute atomic E-state index is 4.46. The fourth-order valence-corrected chi connectivity index (χ4v) is 3.48. The van der Waals surface area contributed by atoms with E-state index < -0.39 is 0 Å². The molecule has 3 rings (SSSR count). The molecule has 4 heteroatoms. The summed E-state index contributed by atoms with van der Waals surface area (Å²) in [5.74, 6) is 1.19. The molecule has 0 radical (unpaired) electrons. The molecule has 1 spiro atoms. The van der Waals surface area contributed by atoms with Crippen LogP contribution in [0.4, 0.5) is 0 Å². The number of nitrogens with one attached hydrogen (secondary N) is 1. The van der Waals surface area contributed by atoms with Gasteiger partial charge in [0.05, 0.1) is 6.54 Å². The van der Waals surface area contributed by atoms with Crippen LogP contribution in [-0.4, -0.2) is 40.1 Å². The molecule has 1 atom stereocenters. The van der Waals surface area contributed by atoms with Gasteiger partial charge in [0.1, 0.15) is 5.82 Å². The zero-order valence-corrected chi connectivity index (χ0v) is 11.5. The van der Waals surface area contributed by atoms with Crippen LogP contribution >= 0.6 is 0 Å². The molecule has 2 heterocycles. The molecule has 100 valence electrons. The molecule has 1 aromatic rings. The number of imidazole rings is 1. The molecule has 2 aliphatic rings. The summed E-state index contributed by atoms with van der Waals surface area (Å²) in [6, 6.07) is 0.793. The van der Waals surface area contributed by atoms with Gasteiger partial charge in [-0.25, -0.2) is 4.98 Å². The quantitative estimate of drug-likeness (QED) is 0.874. The van der Waals surface area contributed by atoms with E-state index in [0.717, 1.165) is 19.1 Å². The van der Waals surface area contributed by atoms with E-state index >= 15 is 0 Å². The fourth-order valence-electron chi connectivity index (χ4n) is 3.48. The van der Waals surface area contributed by atoms with Gasteiger partial charge in [-0.2, -0.15) is 0 Å². The van der Waals surface area contributed by atoms with E-state index in [1.54, 1.807) is 0 Å². The molecule has 4 nitrogen and oxygen atoms in total. The van der Waals surface area contributed by atoms with Gasteiger partial charge in [0.2, 0.25) is 0 Å². The van der Waals surface area contributed by atoms with Crippen molar-refractivity contribution in [1.29, 1.82) is 0 Å². The molecular formula is C14H24N4. The van der Waals surface area contributed by atoms with Gasteiger partial charge in [0.25, 0.3) is 0 Å². The van der Waals surface area contributed by atoms with Crippen LogP contribution in [-0.2, 0) is 13.6 Å². The van der Waals surface area contributed by atoms with Crippen LogP contribution in [0.2, 0.25) is 0 Å². The normalized spacial score (nSPS) is 25.8. The Morgan fingerprint density at radius 2 is 2.28 bits per heavy atom. The molecule has 1 N–H and O–H groups in total. The Bertz CT molecular complexity index is 406. The summed E-state index contributed by atoms with van der Waals surface area (Å²) in [7, 11) is 2.09. The highest BCUT2D eigenvalue weighted by atomic mass is 15.2. The second kappa shape index (κ2) is 4.67. The second-order valence-corrected chi connectivity index (χ2v) is 5.85. The Hall–Kier alpha value is -0.870. The number of rotatable bonds is 4. The molecule has 18 heavy (non-hydrogen) atoms. The van der Waals surface area contributed by atoms with E-state index in [1.165, 1.54) is 38.2 Å². The van der Waals surface area contributed by atoms with Crippen LogP contribution < -0.4 is 5.32 Å². The average Bonchev–Trinajstić information content (AvgIpc) is 2.91. The predicted molar refractivity (Wildman–Crippen MR) is 72.2 cm³/mol. The zero-order valence-electron chi connectivity index (χ0n) is 11.5. The Labute approximate surface area is 109 Å². The maximum atomic E-state index is 4.46. The first-order valence-electron chi connectivity index (χ1n) is 7.16. The van der Waals surface area contributed by atoms with E-state index in [2.05, 4.69) is 33.7 Å². The lowest BCUT2D eigenvalue weighted by Gasteiger charge is -2.28. The molecule has 0 aromatic carbocycles. The second-order valence-electron chi connectivity index (χ2n) is 5.85. The van der Waals surface area contributed by atoms with Crippen molar-refractivity contribution in [1.82, 2.24) is 19.8 Å². The fraction of sp³-hybridized carbons (Fsp3) is 0.786. The van der Waals surface area contributed by atoms with Gasteiger partial charge in [-0.05, 0) is 44.3 Å². The maximum Gasteiger partial charge on any atom is 0.122 e. The molecule has 1 unspecified atom stereocenters. The molecule has 1 aromatic heterocycles. The average molecular weight is 248 g/mol. The minimum Gasteiger partial charge on any atom is -0.337 e. The highest BCUT2D eigenvalue weighted by molar-refractivity contribution is 5.11. The van der Waals surface area contributed by atoms with Gasteiger partial charge in [0, 0.05) is 25.5 Å². The van der Waals surface area contributed by atoms with Crippen molar-refractivity contribution in [3.8, 4) is 0 Å². The van der Waals surface area contributed by atoms with E-state index in [1.807, 2.05) is 12.4 Å². The van der Waals surface area contributed by atoms with Crippen molar-refractivity contribution in [2.75, 3.05) is 19.6 Å². The summed E-state index contributed by atoms with van der Waals surface area (Å²) in [5.41, 5.74) is 0.631. The van der Waals surface area contributed by atoms with Gasteiger partial charge in [-0.3, -0.25) is 4.90 Å². The van der Waals surface area contributed by atoms with Crippen molar-refractivity contribution in [2.45, 2.75) is 38.8 Å². The first kappa shape index (κ1) is 12.2. The summed E-state index contributed by atoms with van der Waals surface area (Å²) < 4.78 is 2.14. The molecule has 0 amide bonds. The number of nitrogens with zero attached hydrogens (tertiary/aromatic N) is 3. The van der Waals surface area contributed by atoms with Gasteiger partial charge < -0.3 is 9.88 Å². The van der Waals surface area contributed by atoms with Crippen LogP contribution in [0.3, 0.4) is 0 Å². The van der Waals surface area contributed by atoms with Crippen LogP contribution in [0.1, 0.15) is 32.0 Å². The largest absolute Gasteiger partial charge is 0.337 e. The summed E-state index contributed by atoms with van der Waals surface area (Å²) >= 11 is 0. The number of aromatic nitrogens is 2. The van der Waals surface area contributed by atoms with E-state index in [0.29, 0.717) is 5.41 Å². The minimum atomic E-state index is 0.631. The van der Waals surface area contributed by atoms with Crippen molar-refractivity contribution in [3.63, 3.8) is 0 Å². The molecule has 1 aliphatic carbocycles. The van der Waals surface area contributed by atoms with E-state index in [9.17, 15) is 0 Å². The SMILES string of the molecule is CCN(Cc1nccn1C)C1CC12CCNCC2. The van der Waals surface area contributed by atoms with Crippen molar-refractivity contribution in [2.24, 2.45) is 12.5 Å². The lowest BCUT2D eigenvalue weighted by Crippen LogP contribution is -2.36. The first-order chi connectivity index (χ1) is 8.75. The Morgan fingerprint density at radius 3 is 2.89 bits per heavy atom. The van der Waals surface area contributed by atoms with Gasteiger partial charge in [-0.15, -0.1) is 0 Å². The molecule has 1 aliphatic heterocycles. The topological polar surface area (TPSA) is 33.1 Å². The lowest BCUT2D eigenvalue weighted by atomic mass is 9.93. The molecule has 1 saturated carbocycles. The van der Waals surface area contributed by atoms with Crippen LogP contribution in [0.15, 0.2) is 12.4 Å². The molecule has 1 saturated heterocycles. The number of hydrogen-bond donors (Lipinski definition) is 1. The third kappa shape index (κ3) is 2.08. The smallest absolute Gasteiger partial charge is 0.122 e. The highest BCUT2D eigenvalue weighted by Crippen LogP contribution is 2.55. The summed E-state index contributed by atoms with van der Waals surface area (Å²) in [5, 5.41) is 3.48. The van der Waals surface area contributed by atoms with Crippen LogP contribution in [0.5, 0.6) is 0 Å². The van der Waals surface area contributed by atoms with Crippen LogP contribution in [0.25, 0.3) is 0 Å². The van der Waals surface area contributed by atoms with E-state index in [4.69, 9.17) is 0 Å². The predicted octanol–water partition coefficient (Wildman–Crippen LogP) is 1.38. The van der Waals surface area contributed by atoms with E-state index in [-0.39, 0.29) is 0 Å². The number of aryl methyl sites for hydroxylation is 1. The lowest BCUT2D eigenvalue weighted by molar-refractivity contribution is 0.198. The number of piperidine rings is 1. The van der Waals surface area contributed by atoms with Crippen molar-refractivity contribution >= 4 is 0 Å². The zero-order chi connectivity index (χ0) is 12.6. The van der Waals surface area contributed by atoms with Gasteiger partial charge in [-0.1, -0.05) is 6.92 Å². The summed E-state index contributed by atoms with van der Waals surface area (Å²) in [6.45, 7) is 6.81. The molecular weight excluding hydrogens is 224 g/mol. The Balaban J connectivity index is 1.65. The highest BCUT2D eigenvalue weighted by Gasteiger charge is 2.56. The van der Waals surface area contributed by atoms with Gasteiger partial charge >= 0.3 is 0 Å². The van der Waals surface area contributed by atoms with Crippen molar-refractivity contribution in [3.05, 3.63) is 18.2 Å².